The Morgan fingerprint density at radius 1 is 1.08 bits per heavy atom. The third-order valence-electron chi connectivity index (χ3n) is 5.27. The van der Waals surface area contributed by atoms with Crippen molar-refractivity contribution < 1.29 is 9.53 Å². The molecule has 1 fully saturated rings. The number of benzene rings is 2. The van der Waals surface area contributed by atoms with Gasteiger partial charge in [0.15, 0.2) is 0 Å². The van der Waals surface area contributed by atoms with Crippen molar-refractivity contribution in [3.63, 3.8) is 0 Å². The fraction of sp³-hybridized carbons (Fsp3) is 0.318. The summed E-state index contributed by atoms with van der Waals surface area (Å²) in [6, 6.07) is 18.7. The Bertz CT molecular complexity index is 801. The van der Waals surface area contributed by atoms with Crippen molar-refractivity contribution in [1.29, 1.82) is 0 Å². The van der Waals surface area contributed by atoms with Crippen LogP contribution in [0, 0.1) is 0 Å². The highest BCUT2D eigenvalue weighted by atomic mass is 79.9. The molecule has 0 N–H and O–H groups in total. The predicted molar refractivity (Wildman–Crippen MR) is 107 cm³/mol. The minimum atomic E-state index is -0.186. The number of carbonyl (C=O) groups is 1. The minimum absolute atomic E-state index is 0.143. The third-order valence-corrected chi connectivity index (χ3v) is 5.80. The number of fused-ring (bicyclic) bond motifs is 2. The first-order valence-corrected chi connectivity index (χ1v) is 9.95. The molecule has 0 aromatic heterocycles. The summed E-state index contributed by atoms with van der Waals surface area (Å²) in [5, 5.41) is 0. The van der Waals surface area contributed by atoms with E-state index in [0.717, 1.165) is 29.3 Å². The maximum atomic E-state index is 12.7. The van der Waals surface area contributed by atoms with Crippen molar-refractivity contribution in [2.24, 2.45) is 0 Å². The molecule has 2 atom stereocenters. The summed E-state index contributed by atoms with van der Waals surface area (Å²) in [5.41, 5.74) is 3.62. The summed E-state index contributed by atoms with van der Waals surface area (Å²) in [4.78, 5) is 14.7. The summed E-state index contributed by atoms with van der Waals surface area (Å²) in [6.45, 7) is 0.332. The van der Waals surface area contributed by atoms with E-state index < -0.39 is 0 Å². The third kappa shape index (κ3) is 3.70. The highest BCUT2D eigenvalue weighted by Gasteiger charge is 2.38. The number of halogens is 1. The van der Waals surface area contributed by atoms with Gasteiger partial charge in [0, 0.05) is 10.5 Å². The molecule has 2 unspecified atom stereocenters. The van der Waals surface area contributed by atoms with E-state index in [2.05, 4.69) is 46.3 Å². The molecule has 1 amide bonds. The second-order valence-electron chi connectivity index (χ2n) is 7.00. The molecule has 1 saturated heterocycles. The lowest BCUT2D eigenvalue weighted by molar-refractivity contribution is 0.0510. The molecular weight excluding hydrogens is 390 g/mol. The molecule has 2 heterocycles. The van der Waals surface area contributed by atoms with Gasteiger partial charge in [0.1, 0.15) is 6.61 Å². The Kier molecular flexibility index (Phi) is 5.11. The van der Waals surface area contributed by atoms with Crippen LogP contribution < -0.4 is 0 Å². The van der Waals surface area contributed by atoms with Crippen molar-refractivity contribution in [1.82, 2.24) is 4.90 Å². The Labute approximate surface area is 162 Å². The van der Waals surface area contributed by atoms with Crippen LogP contribution in [0.4, 0.5) is 4.79 Å². The predicted octanol–water partition coefficient (Wildman–Crippen LogP) is 5.80. The summed E-state index contributed by atoms with van der Waals surface area (Å²) in [5.74, 6) is 0. The van der Waals surface area contributed by atoms with Crippen molar-refractivity contribution in [3.05, 3.63) is 76.3 Å². The molecule has 0 aliphatic carbocycles. The molecule has 0 radical (unpaired) electrons. The van der Waals surface area contributed by atoms with Crippen LogP contribution in [0.15, 0.2) is 65.1 Å². The zero-order chi connectivity index (χ0) is 17.9. The van der Waals surface area contributed by atoms with Crippen LogP contribution in [0.3, 0.4) is 0 Å². The highest BCUT2D eigenvalue weighted by molar-refractivity contribution is 9.10. The van der Waals surface area contributed by atoms with Gasteiger partial charge in [-0.2, -0.15) is 0 Å². The molecule has 4 heteroatoms. The number of carbonyl (C=O) groups excluding carboxylic acids is 1. The Balaban J connectivity index is 1.49. The van der Waals surface area contributed by atoms with Crippen LogP contribution >= 0.6 is 15.9 Å². The van der Waals surface area contributed by atoms with Crippen LogP contribution in [-0.2, 0) is 11.3 Å². The average molecular weight is 412 g/mol. The van der Waals surface area contributed by atoms with E-state index >= 15 is 0 Å². The minimum Gasteiger partial charge on any atom is -0.445 e. The largest absolute Gasteiger partial charge is 0.445 e. The lowest BCUT2D eigenvalue weighted by atomic mass is 9.83. The number of piperidine rings is 1. The average Bonchev–Trinajstić information content (AvgIpc) is 2.66. The standard InChI is InChI=1S/C22H22BrNO2/c23-19-11-9-17(10-12-19)18-13-20-7-4-8-21(14-18)24(20)22(25)26-15-16-5-2-1-3-6-16/h1-3,5-6,9-13,20-21H,4,7-8,14-15H2. The second-order valence-corrected chi connectivity index (χ2v) is 7.92. The van der Waals surface area contributed by atoms with Gasteiger partial charge in [0.25, 0.3) is 0 Å². The van der Waals surface area contributed by atoms with E-state index in [9.17, 15) is 4.79 Å². The summed E-state index contributed by atoms with van der Waals surface area (Å²) in [6.07, 6.45) is 6.21. The number of hydrogen-bond acceptors (Lipinski definition) is 2. The van der Waals surface area contributed by atoms with Gasteiger partial charge in [-0.05, 0) is 54.5 Å². The number of ether oxygens (including phenoxy) is 1. The first-order valence-electron chi connectivity index (χ1n) is 9.16. The Morgan fingerprint density at radius 3 is 2.58 bits per heavy atom. The van der Waals surface area contributed by atoms with Gasteiger partial charge in [-0.25, -0.2) is 4.79 Å². The molecular formula is C22H22BrNO2. The monoisotopic (exact) mass is 411 g/mol. The molecule has 26 heavy (non-hydrogen) atoms. The van der Waals surface area contributed by atoms with E-state index in [4.69, 9.17) is 4.74 Å². The number of rotatable bonds is 3. The molecule has 4 rings (SSSR count). The molecule has 2 aliphatic rings. The van der Waals surface area contributed by atoms with Gasteiger partial charge >= 0.3 is 6.09 Å². The van der Waals surface area contributed by atoms with E-state index in [1.165, 1.54) is 17.6 Å². The summed E-state index contributed by atoms with van der Waals surface area (Å²) in [7, 11) is 0. The van der Waals surface area contributed by atoms with Crippen LogP contribution in [0.1, 0.15) is 36.8 Å². The first kappa shape index (κ1) is 17.3. The maximum absolute atomic E-state index is 12.7. The van der Waals surface area contributed by atoms with Gasteiger partial charge in [-0.1, -0.05) is 64.5 Å². The van der Waals surface area contributed by atoms with Crippen LogP contribution in [0.2, 0.25) is 0 Å². The van der Waals surface area contributed by atoms with E-state index in [0.29, 0.717) is 6.61 Å². The Morgan fingerprint density at radius 2 is 1.85 bits per heavy atom. The number of amides is 1. The van der Waals surface area contributed by atoms with Gasteiger partial charge < -0.3 is 4.74 Å². The Hall–Kier alpha value is -2.07. The smallest absolute Gasteiger partial charge is 0.410 e. The zero-order valence-corrected chi connectivity index (χ0v) is 16.2. The second kappa shape index (κ2) is 7.67. The highest BCUT2D eigenvalue weighted by Crippen LogP contribution is 2.37. The van der Waals surface area contributed by atoms with Crippen molar-refractivity contribution in [3.8, 4) is 0 Å². The van der Waals surface area contributed by atoms with Gasteiger partial charge in [0.05, 0.1) is 6.04 Å². The normalized spacial score (nSPS) is 21.9. The van der Waals surface area contributed by atoms with Gasteiger partial charge in [-0.15, -0.1) is 0 Å². The van der Waals surface area contributed by atoms with Crippen molar-refractivity contribution >= 4 is 27.6 Å². The summed E-state index contributed by atoms with van der Waals surface area (Å²) < 4.78 is 6.70. The van der Waals surface area contributed by atoms with E-state index in [-0.39, 0.29) is 18.2 Å². The molecule has 2 aromatic carbocycles. The molecule has 0 spiro atoms. The van der Waals surface area contributed by atoms with E-state index in [1.807, 2.05) is 35.2 Å². The fourth-order valence-corrected chi connectivity index (χ4v) is 4.25. The van der Waals surface area contributed by atoms with Crippen LogP contribution in [0.5, 0.6) is 0 Å². The topological polar surface area (TPSA) is 29.5 Å². The van der Waals surface area contributed by atoms with Crippen molar-refractivity contribution in [2.75, 3.05) is 0 Å². The molecule has 2 bridgehead atoms. The molecule has 2 aromatic rings. The maximum Gasteiger partial charge on any atom is 0.410 e. The molecule has 0 saturated carbocycles. The lowest BCUT2D eigenvalue weighted by Crippen LogP contribution is -2.51. The number of hydrogen-bond donors (Lipinski definition) is 0. The number of nitrogens with zero attached hydrogens (tertiary/aromatic N) is 1. The molecule has 2 aliphatic heterocycles. The van der Waals surface area contributed by atoms with E-state index in [1.54, 1.807) is 0 Å². The lowest BCUT2D eigenvalue weighted by Gasteiger charge is -2.44. The fourth-order valence-electron chi connectivity index (χ4n) is 3.99. The van der Waals surface area contributed by atoms with Crippen LogP contribution in [0.25, 0.3) is 5.57 Å². The SMILES string of the molecule is O=C(OCc1ccccc1)N1C2C=C(c3ccc(Br)cc3)CC1CCC2. The molecule has 3 nitrogen and oxygen atoms in total. The van der Waals surface area contributed by atoms with Crippen molar-refractivity contribution in [2.45, 2.75) is 44.4 Å². The zero-order valence-electron chi connectivity index (χ0n) is 14.6. The van der Waals surface area contributed by atoms with Crippen LogP contribution in [-0.4, -0.2) is 23.1 Å². The molecule has 134 valence electrons. The quantitative estimate of drug-likeness (QED) is 0.638. The first-order chi connectivity index (χ1) is 12.7. The summed E-state index contributed by atoms with van der Waals surface area (Å²) >= 11 is 3.49. The van der Waals surface area contributed by atoms with Gasteiger partial charge in [0.2, 0.25) is 0 Å². The van der Waals surface area contributed by atoms with Gasteiger partial charge in [-0.3, -0.25) is 4.90 Å².